The van der Waals surface area contributed by atoms with Gasteiger partial charge in [0.1, 0.15) is 12.6 Å². The van der Waals surface area contributed by atoms with Gasteiger partial charge in [0.2, 0.25) is 0 Å². The molecule has 0 aromatic carbocycles. The van der Waals surface area contributed by atoms with E-state index in [2.05, 4.69) is 0 Å². The molecule has 4 nitrogen and oxygen atoms in total. The van der Waals surface area contributed by atoms with Gasteiger partial charge in [-0.25, -0.2) is 0 Å². The summed E-state index contributed by atoms with van der Waals surface area (Å²) in [5, 5.41) is 0. The number of nitrogens with two attached hydrogens (primary N) is 1. The molecule has 1 fully saturated rings. The fourth-order valence-corrected chi connectivity index (χ4v) is 1.70. The molecule has 0 spiro atoms. The number of hydrogen-bond acceptors (Lipinski definition) is 4. The quantitative estimate of drug-likeness (QED) is 0.725. The molecule has 0 aromatic heterocycles. The molecule has 94 valence electrons. The lowest BCUT2D eigenvalue weighted by atomic mass is 10.0. The average Bonchev–Trinajstić information content (AvgIpc) is 2.35. The molecule has 1 rings (SSSR count). The topological polar surface area (TPSA) is 61.6 Å². The van der Waals surface area contributed by atoms with Crippen LogP contribution in [0.25, 0.3) is 0 Å². The van der Waals surface area contributed by atoms with Crippen molar-refractivity contribution < 1.29 is 14.3 Å². The van der Waals surface area contributed by atoms with E-state index in [-0.39, 0.29) is 18.0 Å². The Morgan fingerprint density at radius 2 is 2.31 bits per heavy atom. The molecule has 2 N–H and O–H groups in total. The Hall–Kier alpha value is -0.610. The van der Waals surface area contributed by atoms with Crippen LogP contribution >= 0.6 is 0 Å². The van der Waals surface area contributed by atoms with Crippen molar-refractivity contribution in [1.29, 1.82) is 0 Å². The summed E-state index contributed by atoms with van der Waals surface area (Å²) in [7, 11) is 0. The van der Waals surface area contributed by atoms with Gasteiger partial charge in [-0.2, -0.15) is 0 Å². The first-order valence-corrected chi connectivity index (χ1v) is 6.19. The summed E-state index contributed by atoms with van der Waals surface area (Å²) in [5.74, 6) is -0.136. The van der Waals surface area contributed by atoms with Crippen molar-refractivity contribution in [3.05, 3.63) is 0 Å². The molecule has 0 aliphatic carbocycles. The maximum absolute atomic E-state index is 11.6. The van der Waals surface area contributed by atoms with Crippen LogP contribution in [-0.4, -0.2) is 31.3 Å². The van der Waals surface area contributed by atoms with Gasteiger partial charge in [0, 0.05) is 6.61 Å². The first-order valence-electron chi connectivity index (χ1n) is 6.19. The predicted molar refractivity (Wildman–Crippen MR) is 62.0 cm³/mol. The summed E-state index contributed by atoms with van der Waals surface area (Å²) in [6.07, 6.45) is 4.19. The fraction of sp³-hybridized carbons (Fsp3) is 0.917. The second-order valence-corrected chi connectivity index (χ2v) is 4.53. The lowest BCUT2D eigenvalue weighted by Gasteiger charge is -2.23. The molecule has 1 aliphatic rings. The molecule has 0 radical (unpaired) electrons. The molecule has 1 saturated heterocycles. The van der Waals surface area contributed by atoms with Crippen LogP contribution in [0.5, 0.6) is 0 Å². The number of carbonyl (C=O) groups is 1. The minimum Gasteiger partial charge on any atom is -0.462 e. The summed E-state index contributed by atoms with van der Waals surface area (Å²) in [6, 6.07) is -0.506. The summed E-state index contributed by atoms with van der Waals surface area (Å²) >= 11 is 0. The molecule has 0 amide bonds. The van der Waals surface area contributed by atoms with Crippen LogP contribution in [0.2, 0.25) is 0 Å². The minimum absolute atomic E-state index is 0.0711. The summed E-state index contributed by atoms with van der Waals surface area (Å²) in [4.78, 5) is 11.6. The van der Waals surface area contributed by atoms with E-state index in [9.17, 15) is 4.79 Å². The number of carbonyl (C=O) groups excluding carboxylic acids is 1. The van der Waals surface area contributed by atoms with Crippen molar-refractivity contribution in [3.63, 3.8) is 0 Å². The Morgan fingerprint density at radius 3 is 2.88 bits per heavy atom. The van der Waals surface area contributed by atoms with Gasteiger partial charge in [-0.3, -0.25) is 4.79 Å². The first kappa shape index (κ1) is 13.5. The number of ether oxygens (including phenoxy) is 2. The van der Waals surface area contributed by atoms with Crippen molar-refractivity contribution in [2.75, 3.05) is 13.2 Å². The van der Waals surface area contributed by atoms with Crippen LogP contribution in [0.3, 0.4) is 0 Å². The summed E-state index contributed by atoms with van der Waals surface area (Å²) < 4.78 is 10.7. The van der Waals surface area contributed by atoms with Gasteiger partial charge in [0.25, 0.3) is 0 Å². The molecule has 0 bridgehead atoms. The lowest BCUT2D eigenvalue weighted by molar-refractivity contribution is -0.151. The third-order valence-electron chi connectivity index (χ3n) is 3.21. The molecule has 3 atom stereocenters. The second kappa shape index (κ2) is 6.86. The zero-order valence-corrected chi connectivity index (χ0v) is 10.3. The number of hydrogen-bond donors (Lipinski definition) is 1. The highest BCUT2D eigenvalue weighted by molar-refractivity contribution is 5.75. The zero-order valence-electron chi connectivity index (χ0n) is 10.3. The van der Waals surface area contributed by atoms with E-state index in [1.807, 2.05) is 13.8 Å². The molecule has 0 aromatic rings. The van der Waals surface area contributed by atoms with Crippen molar-refractivity contribution in [2.24, 2.45) is 11.7 Å². The van der Waals surface area contributed by atoms with Crippen LogP contribution in [0, 0.1) is 5.92 Å². The van der Waals surface area contributed by atoms with Crippen LogP contribution < -0.4 is 5.73 Å². The van der Waals surface area contributed by atoms with Crippen LogP contribution in [0.4, 0.5) is 0 Å². The Balaban J connectivity index is 2.23. The lowest BCUT2D eigenvalue weighted by Crippen LogP contribution is -2.39. The van der Waals surface area contributed by atoms with Gasteiger partial charge < -0.3 is 15.2 Å². The zero-order chi connectivity index (χ0) is 12.0. The van der Waals surface area contributed by atoms with Gasteiger partial charge in [0.15, 0.2) is 0 Å². The van der Waals surface area contributed by atoms with E-state index >= 15 is 0 Å². The standard InChI is InChI=1S/C12H23NO3/c1-3-9(2)11(13)12(14)16-8-10-6-4-5-7-15-10/h9-11H,3-8,13H2,1-2H3. The third kappa shape index (κ3) is 4.10. The highest BCUT2D eigenvalue weighted by atomic mass is 16.6. The Kier molecular flexibility index (Phi) is 5.77. The minimum atomic E-state index is -0.506. The van der Waals surface area contributed by atoms with E-state index in [4.69, 9.17) is 15.2 Å². The summed E-state index contributed by atoms with van der Waals surface area (Å²) in [5.41, 5.74) is 5.77. The molecular formula is C12H23NO3. The van der Waals surface area contributed by atoms with Crippen molar-refractivity contribution in [1.82, 2.24) is 0 Å². The van der Waals surface area contributed by atoms with Crippen molar-refractivity contribution in [3.8, 4) is 0 Å². The number of rotatable bonds is 5. The van der Waals surface area contributed by atoms with Gasteiger partial charge in [-0.1, -0.05) is 20.3 Å². The van der Waals surface area contributed by atoms with Crippen LogP contribution in [0.1, 0.15) is 39.5 Å². The first-order chi connectivity index (χ1) is 7.65. The monoisotopic (exact) mass is 229 g/mol. The molecular weight excluding hydrogens is 206 g/mol. The number of esters is 1. The second-order valence-electron chi connectivity index (χ2n) is 4.53. The third-order valence-corrected chi connectivity index (χ3v) is 3.21. The highest BCUT2D eigenvalue weighted by Crippen LogP contribution is 2.13. The van der Waals surface area contributed by atoms with Crippen molar-refractivity contribution >= 4 is 5.97 Å². The molecule has 3 unspecified atom stereocenters. The van der Waals surface area contributed by atoms with E-state index in [1.165, 1.54) is 0 Å². The largest absolute Gasteiger partial charge is 0.462 e. The Labute approximate surface area is 97.5 Å². The van der Waals surface area contributed by atoms with Gasteiger partial charge in [0.05, 0.1) is 6.10 Å². The molecule has 4 heteroatoms. The molecule has 1 aliphatic heterocycles. The van der Waals surface area contributed by atoms with E-state index in [1.54, 1.807) is 0 Å². The van der Waals surface area contributed by atoms with Crippen LogP contribution in [0.15, 0.2) is 0 Å². The maximum Gasteiger partial charge on any atom is 0.323 e. The molecule has 16 heavy (non-hydrogen) atoms. The smallest absolute Gasteiger partial charge is 0.323 e. The predicted octanol–water partition coefficient (Wildman–Crippen LogP) is 1.47. The Morgan fingerprint density at radius 1 is 1.56 bits per heavy atom. The van der Waals surface area contributed by atoms with Gasteiger partial charge in [-0.15, -0.1) is 0 Å². The molecule has 0 saturated carbocycles. The SMILES string of the molecule is CCC(C)C(N)C(=O)OCC1CCCCO1. The van der Waals surface area contributed by atoms with Gasteiger partial charge >= 0.3 is 5.97 Å². The van der Waals surface area contributed by atoms with Crippen molar-refractivity contribution in [2.45, 2.75) is 51.7 Å². The maximum atomic E-state index is 11.6. The van der Waals surface area contributed by atoms with Gasteiger partial charge in [-0.05, 0) is 25.2 Å². The highest BCUT2D eigenvalue weighted by Gasteiger charge is 2.23. The van der Waals surface area contributed by atoms with E-state index < -0.39 is 6.04 Å². The Bertz CT molecular complexity index is 214. The molecule has 1 heterocycles. The average molecular weight is 229 g/mol. The summed E-state index contributed by atoms with van der Waals surface area (Å²) in [6.45, 7) is 5.10. The van der Waals surface area contributed by atoms with E-state index in [0.29, 0.717) is 6.61 Å². The van der Waals surface area contributed by atoms with E-state index in [0.717, 1.165) is 32.3 Å². The van der Waals surface area contributed by atoms with Crippen LogP contribution in [-0.2, 0) is 14.3 Å². The normalized spacial score (nSPS) is 24.8. The fourth-order valence-electron chi connectivity index (χ4n) is 1.70.